The van der Waals surface area contributed by atoms with Crippen molar-refractivity contribution < 1.29 is 17.9 Å². The number of nitrogens with one attached hydrogen (secondary N) is 1. The van der Waals surface area contributed by atoms with Crippen LogP contribution in [0, 0.1) is 6.92 Å². The number of likely N-dealkylation sites (N-methyl/N-ethyl adjacent to an activating group) is 1. The maximum Gasteiger partial charge on any atom is 0.265 e. The quantitative estimate of drug-likeness (QED) is 0.781. The fourth-order valence-electron chi connectivity index (χ4n) is 3.08. The number of benzene rings is 2. The fraction of sp³-hybridized carbons (Fsp3) is 0.381. The lowest BCUT2D eigenvalue weighted by Crippen LogP contribution is -2.46. The molecule has 1 atom stereocenters. The molecule has 1 heterocycles. The van der Waals surface area contributed by atoms with Crippen molar-refractivity contribution in [2.24, 2.45) is 0 Å². The summed E-state index contributed by atoms with van der Waals surface area (Å²) in [4.78, 5) is 14.7. The molecule has 0 aliphatic carbocycles. The zero-order valence-electron chi connectivity index (χ0n) is 17.0. The van der Waals surface area contributed by atoms with Gasteiger partial charge in [0.25, 0.3) is 5.91 Å². The average molecular weight is 418 g/mol. The molecule has 7 nitrogen and oxygen atoms in total. The number of nitrogens with zero attached hydrogens (tertiary/aromatic N) is 2. The summed E-state index contributed by atoms with van der Waals surface area (Å²) < 4.78 is 32.7. The summed E-state index contributed by atoms with van der Waals surface area (Å²) in [7, 11) is -1.55. The second-order valence-electron chi connectivity index (χ2n) is 7.30. The van der Waals surface area contributed by atoms with Crippen LogP contribution in [0.5, 0.6) is 5.75 Å². The van der Waals surface area contributed by atoms with Crippen LogP contribution in [0.1, 0.15) is 12.5 Å². The molecule has 0 saturated carbocycles. The molecule has 29 heavy (non-hydrogen) atoms. The van der Waals surface area contributed by atoms with Crippen LogP contribution in [0.2, 0.25) is 0 Å². The van der Waals surface area contributed by atoms with E-state index in [2.05, 4.69) is 10.2 Å². The molecule has 0 radical (unpaired) electrons. The normalized spacial score (nSPS) is 16.9. The van der Waals surface area contributed by atoms with Crippen LogP contribution in [-0.2, 0) is 14.8 Å². The number of hydrogen-bond donors (Lipinski definition) is 1. The number of amides is 1. The fourth-order valence-corrected chi connectivity index (χ4v) is 4.50. The highest BCUT2D eigenvalue weighted by Gasteiger charge is 2.27. The summed E-state index contributed by atoms with van der Waals surface area (Å²) in [5.41, 5.74) is 1.57. The zero-order valence-corrected chi connectivity index (χ0v) is 17.8. The third-order valence-electron chi connectivity index (χ3n) is 4.89. The van der Waals surface area contributed by atoms with Gasteiger partial charge in [-0.15, -0.1) is 0 Å². The van der Waals surface area contributed by atoms with Crippen LogP contribution in [-0.4, -0.2) is 62.9 Å². The summed E-state index contributed by atoms with van der Waals surface area (Å²) in [6.07, 6.45) is -0.689. The standard InChI is InChI=1S/C21H27N3O4S/c1-16-5-4-6-19(15-16)28-17(2)21(25)22-18-7-9-20(10-8-18)29(26,27)24-13-11-23(3)12-14-24/h4-10,15,17H,11-14H2,1-3H3,(H,22,25)/t17-/m1/s1. The predicted molar refractivity (Wildman–Crippen MR) is 113 cm³/mol. The van der Waals surface area contributed by atoms with Crippen molar-refractivity contribution in [3.05, 3.63) is 54.1 Å². The minimum Gasteiger partial charge on any atom is -0.481 e. The van der Waals surface area contributed by atoms with Crippen LogP contribution in [0.25, 0.3) is 0 Å². The molecular formula is C21H27N3O4S. The molecule has 0 aromatic heterocycles. The summed E-state index contributed by atoms with van der Waals surface area (Å²) in [6.45, 7) is 6.01. The lowest BCUT2D eigenvalue weighted by molar-refractivity contribution is -0.122. The van der Waals surface area contributed by atoms with E-state index >= 15 is 0 Å². The Balaban J connectivity index is 1.61. The molecule has 3 rings (SSSR count). The smallest absolute Gasteiger partial charge is 0.265 e. The number of ether oxygens (including phenoxy) is 1. The number of hydrogen-bond acceptors (Lipinski definition) is 5. The van der Waals surface area contributed by atoms with Crippen molar-refractivity contribution in [3.63, 3.8) is 0 Å². The Morgan fingerprint density at radius 2 is 1.72 bits per heavy atom. The topological polar surface area (TPSA) is 78.9 Å². The van der Waals surface area contributed by atoms with Crippen molar-refractivity contribution in [2.45, 2.75) is 24.8 Å². The first kappa shape index (κ1) is 21.3. The van der Waals surface area contributed by atoms with Gasteiger partial charge in [0.2, 0.25) is 10.0 Å². The van der Waals surface area contributed by atoms with Gasteiger partial charge in [0, 0.05) is 31.9 Å². The molecule has 1 aliphatic rings. The van der Waals surface area contributed by atoms with E-state index in [0.29, 0.717) is 37.6 Å². The Labute approximate surface area is 172 Å². The van der Waals surface area contributed by atoms with Gasteiger partial charge in [-0.25, -0.2) is 8.42 Å². The van der Waals surface area contributed by atoms with Crippen molar-refractivity contribution in [3.8, 4) is 5.75 Å². The lowest BCUT2D eigenvalue weighted by atomic mass is 10.2. The van der Waals surface area contributed by atoms with Gasteiger partial charge in [-0.2, -0.15) is 4.31 Å². The molecule has 1 N–H and O–H groups in total. The number of sulfonamides is 1. The third-order valence-corrected chi connectivity index (χ3v) is 6.81. The second kappa shape index (κ2) is 8.94. The van der Waals surface area contributed by atoms with Gasteiger partial charge < -0.3 is 15.0 Å². The van der Waals surface area contributed by atoms with Gasteiger partial charge in [-0.3, -0.25) is 4.79 Å². The van der Waals surface area contributed by atoms with Gasteiger partial charge in [0.1, 0.15) is 5.75 Å². The number of piperazine rings is 1. The van der Waals surface area contributed by atoms with Crippen LogP contribution < -0.4 is 10.1 Å². The van der Waals surface area contributed by atoms with Gasteiger partial charge in [-0.05, 0) is 62.9 Å². The maximum atomic E-state index is 12.8. The van der Waals surface area contributed by atoms with E-state index in [1.54, 1.807) is 25.1 Å². The second-order valence-corrected chi connectivity index (χ2v) is 9.24. The van der Waals surface area contributed by atoms with Crippen LogP contribution >= 0.6 is 0 Å². The Hall–Kier alpha value is -2.42. The minimum absolute atomic E-state index is 0.226. The number of anilines is 1. The molecule has 156 valence electrons. The highest BCUT2D eigenvalue weighted by atomic mass is 32.2. The zero-order chi connectivity index (χ0) is 21.0. The molecule has 0 spiro atoms. The average Bonchev–Trinajstić information content (AvgIpc) is 2.68. The third kappa shape index (κ3) is 5.35. The Kier molecular flexibility index (Phi) is 6.56. The van der Waals surface area contributed by atoms with Crippen molar-refractivity contribution in [1.82, 2.24) is 9.21 Å². The van der Waals surface area contributed by atoms with E-state index in [1.165, 1.54) is 16.4 Å². The number of rotatable bonds is 6. The van der Waals surface area contributed by atoms with Crippen LogP contribution in [0.4, 0.5) is 5.69 Å². The van der Waals surface area contributed by atoms with Gasteiger partial charge in [0.05, 0.1) is 4.90 Å². The molecule has 0 unspecified atom stereocenters. The van der Waals surface area contributed by atoms with Gasteiger partial charge in [0.15, 0.2) is 6.10 Å². The van der Waals surface area contributed by atoms with E-state index in [0.717, 1.165) is 5.56 Å². The molecule has 2 aromatic carbocycles. The van der Waals surface area contributed by atoms with Crippen molar-refractivity contribution >= 4 is 21.6 Å². The summed E-state index contributed by atoms with van der Waals surface area (Å²) in [5.74, 6) is 0.322. The molecule has 8 heteroatoms. The first-order valence-electron chi connectivity index (χ1n) is 9.58. The van der Waals surface area contributed by atoms with Crippen molar-refractivity contribution in [1.29, 1.82) is 0 Å². The number of carbonyl (C=O) groups excluding carboxylic acids is 1. The van der Waals surface area contributed by atoms with E-state index in [9.17, 15) is 13.2 Å². The number of aryl methyl sites for hydroxylation is 1. The van der Waals surface area contributed by atoms with E-state index in [-0.39, 0.29) is 10.8 Å². The Morgan fingerprint density at radius 1 is 1.07 bits per heavy atom. The number of carbonyl (C=O) groups is 1. The Morgan fingerprint density at radius 3 is 2.34 bits per heavy atom. The van der Waals surface area contributed by atoms with Crippen LogP contribution in [0.3, 0.4) is 0 Å². The molecule has 0 bridgehead atoms. The predicted octanol–water partition coefficient (Wildman–Crippen LogP) is 2.34. The molecule has 1 saturated heterocycles. The van der Waals surface area contributed by atoms with E-state index in [1.807, 2.05) is 32.2 Å². The first-order chi connectivity index (χ1) is 13.8. The van der Waals surface area contributed by atoms with Gasteiger partial charge in [-0.1, -0.05) is 12.1 Å². The molecule has 2 aromatic rings. The van der Waals surface area contributed by atoms with Crippen molar-refractivity contribution in [2.75, 3.05) is 38.5 Å². The summed E-state index contributed by atoms with van der Waals surface area (Å²) in [6, 6.07) is 13.7. The largest absolute Gasteiger partial charge is 0.481 e. The highest BCUT2D eigenvalue weighted by molar-refractivity contribution is 7.89. The highest BCUT2D eigenvalue weighted by Crippen LogP contribution is 2.20. The molecule has 1 fully saturated rings. The molecule has 1 aliphatic heterocycles. The SMILES string of the molecule is Cc1cccc(O[C@H](C)C(=O)Nc2ccc(S(=O)(=O)N3CCN(C)CC3)cc2)c1. The van der Waals surface area contributed by atoms with E-state index in [4.69, 9.17) is 4.74 Å². The van der Waals surface area contributed by atoms with Crippen LogP contribution in [0.15, 0.2) is 53.4 Å². The monoisotopic (exact) mass is 417 g/mol. The van der Waals surface area contributed by atoms with Gasteiger partial charge >= 0.3 is 0 Å². The first-order valence-corrected chi connectivity index (χ1v) is 11.0. The molecule has 1 amide bonds. The molecular weight excluding hydrogens is 390 g/mol. The minimum atomic E-state index is -3.52. The lowest BCUT2D eigenvalue weighted by Gasteiger charge is -2.31. The summed E-state index contributed by atoms with van der Waals surface area (Å²) >= 11 is 0. The van der Waals surface area contributed by atoms with E-state index < -0.39 is 16.1 Å². The summed E-state index contributed by atoms with van der Waals surface area (Å²) in [5, 5.41) is 2.76. The Bertz CT molecular complexity index is 952. The maximum absolute atomic E-state index is 12.8.